The maximum atomic E-state index is 6.15. The van der Waals surface area contributed by atoms with E-state index in [0.29, 0.717) is 16.1 Å². The van der Waals surface area contributed by atoms with Crippen molar-refractivity contribution in [2.45, 2.75) is 38.1 Å². The van der Waals surface area contributed by atoms with Gasteiger partial charge in [0.2, 0.25) is 0 Å². The second kappa shape index (κ2) is 12.6. The fourth-order valence-corrected chi connectivity index (χ4v) is 5.26. The van der Waals surface area contributed by atoms with Gasteiger partial charge >= 0.3 is 0 Å². The van der Waals surface area contributed by atoms with Gasteiger partial charge in [0.15, 0.2) is 0 Å². The Hall–Kier alpha value is -1.84. The minimum atomic E-state index is 0.473. The fourth-order valence-electron chi connectivity index (χ4n) is 4.94. The van der Waals surface area contributed by atoms with Crippen LogP contribution in [-0.4, -0.2) is 31.1 Å². The molecule has 1 N–H and O–H groups in total. The molecule has 1 aliphatic rings. The number of hydrogen-bond donors (Lipinski definition) is 1. The third-order valence-electron chi connectivity index (χ3n) is 6.81. The average molecular weight is 482 g/mol. The van der Waals surface area contributed by atoms with Gasteiger partial charge in [-0.3, -0.25) is 4.90 Å². The van der Waals surface area contributed by atoms with E-state index in [9.17, 15) is 0 Å². The normalized spacial score (nSPS) is 16.1. The van der Waals surface area contributed by atoms with E-state index < -0.39 is 0 Å². The molecule has 0 radical (unpaired) electrons. The maximum absolute atomic E-state index is 6.15. The topological polar surface area (TPSA) is 15.3 Å². The van der Waals surface area contributed by atoms with Gasteiger partial charge in [-0.2, -0.15) is 0 Å². The first-order valence-corrected chi connectivity index (χ1v) is 12.9. The van der Waals surface area contributed by atoms with Crippen LogP contribution in [0.5, 0.6) is 0 Å². The largest absolute Gasteiger partial charge is 0.316 e. The lowest BCUT2D eigenvalue weighted by atomic mass is 9.88. The quantitative estimate of drug-likeness (QED) is 0.308. The summed E-state index contributed by atoms with van der Waals surface area (Å²) in [6.07, 6.45) is 5.85. The van der Waals surface area contributed by atoms with E-state index in [1.54, 1.807) is 0 Å². The first-order valence-electron chi connectivity index (χ1n) is 12.2. The van der Waals surface area contributed by atoms with Crippen LogP contribution in [0, 0.1) is 5.92 Å². The Kier molecular flexibility index (Phi) is 9.26. The first-order chi connectivity index (χ1) is 16.2. The number of nitrogens with zero attached hydrogens (tertiary/aromatic N) is 1. The molecule has 1 heterocycles. The number of nitrogens with one attached hydrogen (secondary N) is 1. The van der Waals surface area contributed by atoms with Crippen molar-refractivity contribution in [3.8, 4) is 0 Å². The van der Waals surface area contributed by atoms with Crippen LogP contribution in [-0.2, 0) is 12.8 Å². The molecule has 1 atom stereocenters. The molecule has 3 aromatic rings. The Morgan fingerprint density at radius 2 is 1.48 bits per heavy atom. The minimum absolute atomic E-state index is 0.473. The van der Waals surface area contributed by atoms with Gasteiger partial charge in [-0.1, -0.05) is 89.9 Å². The zero-order valence-electron chi connectivity index (χ0n) is 19.2. The predicted molar refractivity (Wildman–Crippen MR) is 141 cm³/mol. The van der Waals surface area contributed by atoms with Crippen LogP contribution >= 0.6 is 23.2 Å². The molecule has 1 aliphatic heterocycles. The van der Waals surface area contributed by atoms with Gasteiger partial charge in [0.1, 0.15) is 0 Å². The van der Waals surface area contributed by atoms with Crippen molar-refractivity contribution >= 4 is 23.2 Å². The van der Waals surface area contributed by atoms with Crippen LogP contribution in [0.1, 0.15) is 42.0 Å². The highest BCUT2D eigenvalue weighted by Gasteiger charge is 2.26. The monoisotopic (exact) mass is 480 g/mol. The molecule has 0 aromatic heterocycles. The summed E-state index contributed by atoms with van der Waals surface area (Å²) >= 11 is 12.2. The highest BCUT2D eigenvalue weighted by molar-refractivity contribution is 6.42. The number of piperidine rings is 1. The van der Waals surface area contributed by atoms with E-state index in [1.807, 2.05) is 12.1 Å². The van der Waals surface area contributed by atoms with Gasteiger partial charge in [0.25, 0.3) is 0 Å². The van der Waals surface area contributed by atoms with Crippen molar-refractivity contribution in [1.29, 1.82) is 0 Å². The van der Waals surface area contributed by atoms with Crippen LogP contribution in [0.25, 0.3) is 0 Å². The average Bonchev–Trinajstić information content (AvgIpc) is 2.85. The molecule has 3 aromatic carbocycles. The van der Waals surface area contributed by atoms with Crippen molar-refractivity contribution < 1.29 is 0 Å². The van der Waals surface area contributed by atoms with Gasteiger partial charge in [-0.15, -0.1) is 0 Å². The maximum Gasteiger partial charge on any atom is 0.0595 e. The smallest absolute Gasteiger partial charge is 0.0595 e. The van der Waals surface area contributed by atoms with E-state index >= 15 is 0 Å². The molecule has 1 saturated heterocycles. The Bertz CT molecular complexity index is 969. The molecule has 0 bridgehead atoms. The second-order valence-corrected chi connectivity index (χ2v) is 9.95. The van der Waals surface area contributed by atoms with Gasteiger partial charge in [0, 0.05) is 6.04 Å². The van der Waals surface area contributed by atoms with Gasteiger partial charge in [0.05, 0.1) is 10.0 Å². The van der Waals surface area contributed by atoms with Gasteiger partial charge < -0.3 is 5.32 Å². The number of rotatable bonds is 10. The van der Waals surface area contributed by atoms with E-state index in [0.717, 1.165) is 31.8 Å². The highest BCUT2D eigenvalue weighted by atomic mass is 35.5. The Morgan fingerprint density at radius 1 is 0.788 bits per heavy atom. The molecule has 1 fully saturated rings. The third kappa shape index (κ3) is 7.32. The summed E-state index contributed by atoms with van der Waals surface area (Å²) in [5.41, 5.74) is 4.13. The third-order valence-corrected chi connectivity index (χ3v) is 7.55. The summed E-state index contributed by atoms with van der Waals surface area (Å²) in [5.74, 6) is 0.796. The first kappa shape index (κ1) is 24.3. The molecular weight excluding hydrogens is 447 g/mol. The lowest BCUT2D eigenvalue weighted by Gasteiger charge is -2.38. The lowest BCUT2D eigenvalue weighted by molar-refractivity contribution is 0.125. The van der Waals surface area contributed by atoms with Crippen LogP contribution in [0.15, 0.2) is 78.9 Å². The molecule has 174 valence electrons. The van der Waals surface area contributed by atoms with Crippen molar-refractivity contribution in [2.75, 3.05) is 26.2 Å². The SMILES string of the molecule is Clc1ccc(CCNCCC(c2ccccc2)N2CCC(Cc3ccccc3)CC2)cc1Cl. The standard InChI is InChI=1S/C29H34Cl2N2/c30-27-12-11-24(22-28(27)31)13-17-32-18-14-29(26-9-5-2-6-10-26)33-19-15-25(16-20-33)21-23-7-3-1-4-8-23/h1-12,22,25,29,32H,13-21H2. The molecule has 4 rings (SSSR count). The van der Waals surface area contributed by atoms with Gasteiger partial charge in [-0.05, 0) is 93.0 Å². The molecule has 2 nitrogen and oxygen atoms in total. The highest BCUT2D eigenvalue weighted by Crippen LogP contribution is 2.30. The molecule has 0 amide bonds. The summed E-state index contributed by atoms with van der Waals surface area (Å²) in [5, 5.41) is 4.90. The number of halogens is 2. The van der Waals surface area contributed by atoms with Crippen LogP contribution in [0.2, 0.25) is 10.0 Å². The fraction of sp³-hybridized carbons (Fsp3) is 0.379. The Labute approximate surface area is 208 Å². The van der Waals surface area contributed by atoms with E-state index in [4.69, 9.17) is 23.2 Å². The van der Waals surface area contributed by atoms with Crippen LogP contribution < -0.4 is 5.32 Å². The zero-order chi connectivity index (χ0) is 22.9. The van der Waals surface area contributed by atoms with Crippen LogP contribution in [0.3, 0.4) is 0 Å². The van der Waals surface area contributed by atoms with E-state index in [-0.39, 0.29) is 0 Å². The predicted octanol–water partition coefficient (Wildman–Crippen LogP) is 7.21. The molecule has 0 saturated carbocycles. The number of benzene rings is 3. The van der Waals surface area contributed by atoms with E-state index in [1.165, 1.54) is 49.0 Å². The summed E-state index contributed by atoms with van der Waals surface area (Å²) in [4.78, 5) is 2.71. The van der Waals surface area contributed by atoms with Crippen molar-refractivity contribution in [3.63, 3.8) is 0 Å². The van der Waals surface area contributed by atoms with Crippen molar-refractivity contribution in [1.82, 2.24) is 10.2 Å². The Morgan fingerprint density at radius 3 is 2.18 bits per heavy atom. The molecule has 4 heteroatoms. The van der Waals surface area contributed by atoms with Crippen molar-refractivity contribution in [2.24, 2.45) is 5.92 Å². The van der Waals surface area contributed by atoms with E-state index in [2.05, 4.69) is 76.9 Å². The second-order valence-electron chi connectivity index (χ2n) is 9.13. The summed E-state index contributed by atoms with van der Waals surface area (Å²) in [6.45, 7) is 4.31. The number of hydrogen-bond acceptors (Lipinski definition) is 2. The zero-order valence-corrected chi connectivity index (χ0v) is 20.7. The molecular formula is C29H34Cl2N2. The number of likely N-dealkylation sites (tertiary alicyclic amines) is 1. The molecule has 0 aliphatic carbocycles. The summed E-state index contributed by atoms with van der Waals surface area (Å²) in [7, 11) is 0. The lowest BCUT2D eigenvalue weighted by Crippen LogP contribution is -2.38. The molecule has 1 unspecified atom stereocenters. The summed E-state index contributed by atoms with van der Waals surface area (Å²) < 4.78 is 0. The Balaban J connectivity index is 1.27. The van der Waals surface area contributed by atoms with Gasteiger partial charge in [-0.25, -0.2) is 0 Å². The minimum Gasteiger partial charge on any atom is -0.316 e. The summed E-state index contributed by atoms with van der Waals surface area (Å²) in [6, 6.07) is 28.4. The molecule has 0 spiro atoms. The molecule has 33 heavy (non-hydrogen) atoms. The van der Waals surface area contributed by atoms with Crippen LogP contribution in [0.4, 0.5) is 0 Å². The van der Waals surface area contributed by atoms with Crippen molar-refractivity contribution in [3.05, 3.63) is 106 Å².